The third-order valence-electron chi connectivity index (χ3n) is 4.63. The molecule has 0 N–H and O–H groups in total. The maximum absolute atomic E-state index is 13.5. The van der Waals surface area contributed by atoms with Crippen molar-refractivity contribution in [1.29, 1.82) is 0 Å². The molecule has 156 valence electrons. The summed E-state index contributed by atoms with van der Waals surface area (Å²) in [6.45, 7) is 10.2. The highest BCUT2D eigenvalue weighted by Gasteiger charge is 2.27. The van der Waals surface area contributed by atoms with E-state index >= 15 is 0 Å². The predicted molar refractivity (Wildman–Crippen MR) is 111 cm³/mol. The molecule has 0 aliphatic heterocycles. The van der Waals surface area contributed by atoms with Gasteiger partial charge in [-0.1, -0.05) is 37.7 Å². The van der Waals surface area contributed by atoms with Crippen molar-refractivity contribution in [2.75, 3.05) is 14.1 Å². The fourth-order valence-electron chi connectivity index (χ4n) is 2.61. The van der Waals surface area contributed by atoms with Gasteiger partial charge in [-0.3, -0.25) is 9.47 Å². The minimum Gasteiger partial charge on any atom is -0.338 e. The Balaban J connectivity index is 1.96. The van der Waals surface area contributed by atoms with Gasteiger partial charge in [-0.15, -0.1) is 10.2 Å². The molecule has 2 atom stereocenters. The van der Waals surface area contributed by atoms with Crippen LogP contribution in [0.3, 0.4) is 0 Å². The summed E-state index contributed by atoms with van der Waals surface area (Å²) in [4.78, 5) is 6.60. The van der Waals surface area contributed by atoms with Gasteiger partial charge >= 0.3 is 0 Å². The van der Waals surface area contributed by atoms with Crippen LogP contribution in [0.5, 0.6) is 0 Å². The Morgan fingerprint density at radius 1 is 1.10 bits per heavy atom. The van der Waals surface area contributed by atoms with E-state index in [4.69, 9.17) is 4.52 Å². The molecular weight excluding hydrogens is 391 g/mol. The summed E-state index contributed by atoms with van der Waals surface area (Å²) in [5.41, 5.74) is 0.616. The second-order valence-corrected chi connectivity index (χ2v) is 9.57. The van der Waals surface area contributed by atoms with Crippen LogP contribution in [-0.4, -0.2) is 43.9 Å². The van der Waals surface area contributed by atoms with Crippen LogP contribution in [0.4, 0.5) is 4.39 Å². The lowest BCUT2D eigenvalue weighted by molar-refractivity contribution is 0.305. The predicted octanol–water partition coefficient (Wildman–Crippen LogP) is 4.56. The Labute approximate surface area is 174 Å². The largest absolute Gasteiger partial charge is 0.338 e. The summed E-state index contributed by atoms with van der Waals surface area (Å²) < 4.78 is 20.9. The van der Waals surface area contributed by atoms with Gasteiger partial charge in [0.2, 0.25) is 5.89 Å². The molecule has 0 fully saturated rings. The van der Waals surface area contributed by atoms with Crippen LogP contribution < -0.4 is 0 Å². The fourth-order valence-corrected chi connectivity index (χ4v) is 3.51. The molecule has 0 saturated carbocycles. The number of halogens is 1. The molecule has 0 saturated heterocycles. The molecular formula is C20H27FN6OS. The lowest BCUT2D eigenvalue weighted by Gasteiger charge is -2.20. The molecule has 0 aliphatic rings. The van der Waals surface area contributed by atoms with E-state index in [0.717, 1.165) is 11.5 Å². The smallest absolute Gasteiger partial charge is 0.239 e. The van der Waals surface area contributed by atoms with E-state index in [2.05, 4.69) is 32.2 Å². The van der Waals surface area contributed by atoms with Crippen LogP contribution >= 0.6 is 11.8 Å². The van der Waals surface area contributed by atoms with Gasteiger partial charge in [0.05, 0.1) is 11.3 Å². The summed E-state index contributed by atoms with van der Waals surface area (Å²) in [6, 6.07) is 6.34. The highest BCUT2D eigenvalue weighted by atomic mass is 32.2. The Kier molecular flexibility index (Phi) is 6.09. The highest BCUT2D eigenvalue weighted by Crippen LogP contribution is 2.36. The van der Waals surface area contributed by atoms with E-state index < -0.39 is 0 Å². The number of nitrogens with zero attached hydrogens (tertiary/aromatic N) is 6. The van der Waals surface area contributed by atoms with Gasteiger partial charge in [0, 0.05) is 11.1 Å². The molecule has 0 radical (unpaired) electrons. The maximum atomic E-state index is 13.5. The highest BCUT2D eigenvalue weighted by molar-refractivity contribution is 7.99. The molecule has 0 amide bonds. The van der Waals surface area contributed by atoms with E-state index in [-0.39, 0.29) is 22.5 Å². The molecule has 0 aliphatic carbocycles. The molecule has 29 heavy (non-hydrogen) atoms. The van der Waals surface area contributed by atoms with Crippen molar-refractivity contribution in [2.45, 2.75) is 56.5 Å². The van der Waals surface area contributed by atoms with Gasteiger partial charge in [0.1, 0.15) is 5.82 Å². The quantitative estimate of drug-likeness (QED) is 0.543. The zero-order valence-corrected chi connectivity index (χ0v) is 18.7. The molecule has 0 bridgehead atoms. The normalized spacial score (nSPS) is 14.4. The van der Waals surface area contributed by atoms with Crippen LogP contribution in [0, 0.1) is 5.82 Å². The molecule has 2 heterocycles. The molecule has 9 heteroatoms. The van der Waals surface area contributed by atoms with Gasteiger partial charge in [-0.2, -0.15) is 4.98 Å². The van der Waals surface area contributed by atoms with Gasteiger partial charge in [-0.25, -0.2) is 4.39 Å². The summed E-state index contributed by atoms with van der Waals surface area (Å²) in [5.74, 6) is 1.70. The molecule has 2 aromatic heterocycles. The minimum atomic E-state index is -0.285. The first-order valence-corrected chi connectivity index (χ1v) is 10.3. The number of rotatable bonds is 6. The van der Waals surface area contributed by atoms with Crippen LogP contribution in [0.15, 0.2) is 33.9 Å². The fraction of sp³-hybridized carbons (Fsp3) is 0.500. The average Bonchev–Trinajstić information content (AvgIpc) is 3.29. The van der Waals surface area contributed by atoms with E-state index in [1.807, 2.05) is 46.4 Å². The van der Waals surface area contributed by atoms with Crippen molar-refractivity contribution in [2.24, 2.45) is 0 Å². The van der Waals surface area contributed by atoms with E-state index in [1.165, 1.54) is 23.9 Å². The average molecular weight is 419 g/mol. The van der Waals surface area contributed by atoms with Crippen molar-refractivity contribution < 1.29 is 8.91 Å². The monoisotopic (exact) mass is 418 g/mol. The summed E-state index contributed by atoms with van der Waals surface area (Å²) >= 11 is 1.48. The van der Waals surface area contributed by atoms with Gasteiger partial charge in [0.15, 0.2) is 16.8 Å². The second kappa shape index (κ2) is 8.23. The van der Waals surface area contributed by atoms with Gasteiger partial charge in [-0.05, 0) is 52.2 Å². The topological polar surface area (TPSA) is 72.9 Å². The third kappa shape index (κ3) is 4.67. The Morgan fingerprint density at radius 2 is 1.76 bits per heavy atom. The van der Waals surface area contributed by atoms with E-state index in [9.17, 15) is 4.39 Å². The van der Waals surface area contributed by atoms with Crippen molar-refractivity contribution in [3.63, 3.8) is 0 Å². The molecule has 0 unspecified atom stereocenters. The van der Waals surface area contributed by atoms with Crippen molar-refractivity contribution in [1.82, 2.24) is 29.8 Å². The summed E-state index contributed by atoms with van der Waals surface area (Å²) in [7, 11) is 3.96. The summed E-state index contributed by atoms with van der Waals surface area (Å²) in [5, 5.41) is 13.5. The van der Waals surface area contributed by atoms with Crippen molar-refractivity contribution >= 4 is 11.8 Å². The van der Waals surface area contributed by atoms with Crippen LogP contribution in [0.2, 0.25) is 0 Å². The number of benzene rings is 1. The Bertz CT molecular complexity index is 960. The van der Waals surface area contributed by atoms with Crippen LogP contribution in [0.1, 0.15) is 63.4 Å². The van der Waals surface area contributed by atoms with Gasteiger partial charge in [0.25, 0.3) is 0 Å². The number of thioether (sulfide) groups is 1. The standard InChI is InChI=1S/C20H27FN6OS/c1-12(26(6)7)16-23-24-19(27(16)15-10-8-14(21)9-11-15)29-13(2)17-22-18(25-28-17)20(3,4)5/h8-13H,1-7H3/t12-,13+/m1/s1. The number of hydrogen-bond donors (Lipinski definition) is 0. The maximum Gasteiger partial charge on any atom is 0.239 e. The van der Waals surface area contributed by atoms with E-state index in [0.29, 0.717) is 16.9 Å². The molecule has 0 spiro atoms. The first kappa shape index (κ1) is 21.4. The van der Waals surface area contributed by atoms with Crippen molar-refractivity contribution in [3.8, 4) is 5.69 Å². The number of aromatic nitrogens is 5. The first-order chi connectivity index (χ1) is 13.6. The molecule has 1 aromatic carbocycles. The van der Waals surface area contributed by atoms with Gasteiger partial charge < -0.3 is 4.52 Å². The zero-order chi connectivity index (χ0) is 21.3. The summed E-state index contributed by atoms with van der Waals surface area (Å²) in [6.07, 6.45) is 0. The zero-order valence-electron chi connectivity index (χ0n) is 17.8. The Hall–Kier alpha value is -2.26. The van der Waals surface area contributed by atoms with Crippen LogP contribution in [0.25, 0.3) is 5.69 Å². The molecule has 3 rings (SSSR count). The molecule has 3 aromatic rings. The Morgan fingerprint density at radius 3 is 2.31 bits per heavy atom. The lowest BCUT2D eigenvalue weighted by atomic mass is 9.96. The molecule has 7 nitrogen and oxygen atoms in total. The van der Waals surface area contributed by atoms with E-state index in [1.54, 1.807) is 12.1 Å². The number of hydrogen-bond acceptors (Lipinski definition) is 7. The third-order valence-corrected chi connectivity index (χ3v) is 5.66. The second-order valence-electron chi connectivity index (χ2n) is 8.26. The lowest BCUT2D eigenvalue weighted by Crippen LogP contribution is -2.20. The minimum absolute atomic E-state index is 0.0214. The van der Waals surface area contributed by atoms with Crippen LogP contribution in [-0.2, 0) is 5.41 Å². The SMILES string of the molecule is C[C@H](Sc1nnc([C@@H](C)N(C)C)n1-c1ccc(F)cc1)c1nc(C(C)(C)C)no1. The first-order valence-electron chi connectivity index (χ1n) is 9.46. The van der Waals surface area contributed by atoms with Crippen molar-refractivity contribution in [3.05, 3.63) is 47.6 Å².